The van der Waals surface area contributed by atoms with Gasteiger partial charge in [0.1, 0.15) is 0 Å². The average molecular weight is 267 g/mol. The molecule has 0 radical (unpaired) electrons. The molecule has 0 aliphatic heterocycles. The molecule has 3 heteroatoms. The second-order valence-electron chi connectivity index (χ2n) is 3.83. The Balaban J connectivity index is 2.41. The highest BCUT2D eigenvalue weighted by molar-refractivity contribution is 9.10. The van der Waals surface area contributed by atoms with Crippen LogP contribution in [0.2, 0.25) is 0 Å². The molecule has 1 aromatic heterocycles. The van der Waals surface area contributed by atoms with E-state index in [4.69, 9.17) is 5.73 Å². The van der Waals surface area contributed by atoms with Crippen LogP contribution in [0.4, 0.5) is 0 Å². The number of fused-ring (bicyclic) bond motifs is 1. The van der Waals surface area contributed by atoms with Crippen molar-refractivity contribution in [3.8, 4) is 0 Å². The number of benzene rings is 1. The molecule has 0 aliphatic rings. The van der Waals surface area contributed by atoms with Crippen molar-refractivity contribution in [2.45, 2.75) is 12.8 Å². The number of halogens is 1. The van der Waals surface area contributed by atoms with E-state index in [0.29, 0.717) is 0 Å². The molecule has 0 amide bonds. The molecule has 1 heterocycles. The maximum atomic E-state index is 5.51. The zero-order valence-corrected chi connectivity index (χ0v) is 10.4. The summed E-state index contributed by atoms with van der Waals surface area (Å²) in [6, 6.07) is 6.60. The van der Waals surface area contributed by atoms with Gasteiger partial charge >= 0.3 is 0 Å². The molecule has 2 nitrogen and oxygen atoms in total. The van der Waals surface area contributed by atoms with E-state index in [1.165, 1.54) is 16.5 Å². The van der Waals surface area contributed by atoms with Crippen LogP contribution in [0.15, 0.2) is 28.9 Å². The molecule has 0 fully saturated rings. The van der Waals surface area contributed by atoms with E-state index in [1.807, 2.05) is 0 Å². The highest BCUT2D eigenvalue weighted by atomic mass is 79.9. The Hall–Kier alpha value is -0.800. The minimum absolute atomic E-state index is 0.759. The van der Waals surface area contributed by atoms with E-state index >= 15 is 0 Å². The van der Waals surface area contributed by atoms with Gasteiger partial charge in [0, 0.05) is 28.6 Å². The number of hydrogen-bond acceptors (Lipinski definition) is 1. The quantitative estimate of drug-likeness (QED) is 0.910. The molecule has 0 aliphatic carbocycles. The van der Waals surface area contributed by atoms with Crippen LogP contribution < -0.4 is 5.73 Å². The lowest BCUT2D eigenvalue weighted by Gasteiger charge is -2.02. The molecule has 0 atom stereocenters. The van der Waals surface area contributed by atoms with Gasteiger partial charge in [-0.25, -0.2) is 0 Å². The summed E-state index contributed by atoms with van der Waals surface area (Å²) in [5.41, 5.74) is 8.15. The third-order valence-corrected chi connectivity index (χ3v) is 3.31. The smallest absolute Gasteiger partial charge is 0.0492 e. The van der Waals surface area contributed by atoms with E-state index in [2.05, 4.69) is 51.9 Å². The molecule has 0 unspecified atom stereocenters. The van der Waals surface area contributed by atoms with E-state index in [9.17, 15) is 0 Å². The summed E-state index contributed by atoms with van der Waals surface area (Å²) in [6.45, 7) is 0.759. The van der Waals surface area contributed by atoms with Crippen LogP contribution >= 0.6 is 15.9 Å². The van der Waals surface area contributed by atoms with Crippen LogP contribution in [-0.4, -0.2) is 11.1 Å². The van der Waals surface area contributed by atoms with Crippen LogP contribution in [0.5, 0.6) is 0 Å². The zero-order chi connectivity index (χ0) is 10.8. The molecular weight excluding hydrogens is 252 g/mol. The summed E-state index contributed by atoms with van der Waals surface area (Å²) in [6.07, 6.45) is 4.21. The largest absolute Gasteiger partial charge is 0.349 e. The van der Waals surface area contributed by atoms with Crippen LogP contribution in [-0.2, 0) is 13.5 Å². The zero-order valence-electron chi connectivity index (χ0n) is 8.83. The minimum atomic E-state index is 0.759. The molecule has 2 rings (SSSR count). The summed E-state index contributed by atoms with van der Waals surface area (Å²) < 4.78 is 3.30. The molecule has 0 saturated heterocycles. The Kier molecular flexibility index (Phi) is 3.12. The van der Waals surface area contributed by atoms with Gasteiger partial charge in [-0.1, -0.05) is 12.1 Å². The first-order chi connectivity index (χ1) is 7.22. The lowest BCUT2D eigenvalue weighted by atomic mass is 10.1. The number of nitrogens with zero attached hydrogens (tertiary/aromatic N) is 1. The van der Waals surface area contributed by atoms with Crippen molar-refractivity contribution in [1.82, 2.24) is 4.57 Å². The second-order valence-corrected chi connectivity index (χ2v) is 4.69. The Morgan fingerprint density at radius 1 is 1.40 bits per heavy atom. The van der Waals surface area contributed by atoms with Crippen molar-refractivity contribution in [2.75, 3.05) is 6.54 Å². The van der Waals surface area contributed by atoms with Gasteiger partial charge < -0.3 is 10.3 Å². The second kappa shape index (κ2) is 4.37. The van der Waals surface area contributed by atoms with Crippen LogP contribution in [0.3, 0.4) is 0 Å². The lowest BCUT2D eigenvalue weighted by molar-refractivity contribution is 0.832. The van der Waals surface area contributed by atoms with Gasteiger partial charge in [-0.2, -0.15) is 0 Å². The molecule has 15 heavy (non-hydrogen) atoms. The summed E-state index contributed by atoms with van der Waals surface area (Å²) in [7, 11) is 2.07. The predicted molar refractivity (Wildman–Crippen MR) is 68.0 cm³/mol. The Labute approximate surface area is 98.2 Å². The van der Waals surface area contributed by atoms with E-state index in [1.54, 1.807) is 0 Å². The van der Waals surface area contributed by atoms with E-state index in [0.717, 1.165) is 23.9 Å². The molecule has 2 aromatic rings. The number of aryl methyl sites for hydroxylation is 2. The molecule has 0 bridgehead atoms. The lowest BCUT2D eigenvalue weighted by Crippen LogP contribution is -2.00. The van der Waals surface area contributed by atoms with Gasteiger partial charge in [0.25, 0.3) is 0 Å². The highest BCUT2D eigenvalue weighted by Crippen LogP contribution is 2.26. The molecule has 80 valence electrons. The van der Waals surface area contributed by atoms with Gasteiger partial charge in [0.15, 0.2) is 0 Å². The first-order valence-electron chi connectivity index (χ1n) is 5.16. The summed E-state index contributed by atoms with van der Waals surface area (Å²) in [4.78, 5) is 0. The maximum absolute atomic E-state index is 5.51. The predicted octanol–water partition coefficient (Wildman–Crippen LogP) is 2.83. The Morgan fingerprint density at radius 2 is 2.20 bits per heavy atom. The van der Waals surface area contributed by atoms with Crippen molar-refractivity contribution in [3.63, 3.8) is 0 Å². The van der Waals surface area contributed by atoms with Crippen LogP contribution in [0.25, 0.3) is 10.9 Å². The highest BCUT2D eigenvalue weighted by Gasteiger charge is 2.04. The standard InChI is InChI=1S/C12H15BrN2/c1-15-8-11(13)10-5-4-9(3-2-6-14)7-12(10)15/h4-5,7-8H,2-3,6,14H2,1H3. The van der Waals surface area contributed by atoms with Gasteiger partial charge in [-0.3, -0.25) is 0 Å². The maximum Gasteiger partial charge on any atom is 0.0492 e. The topological polar surface area (TPSA) is 30.9 Å². The van der Waals surface area contributed by atoms with E-state index in [-0.39, 0.29) is 0 Å². The fourth-order valence-corrected chi connectivity index (χ4v) is 2.48. The fraction of sp³-hybridized carbons (Fsp3) is 0.333. The molecule has 2 N–H and O–H groups in total. The first-order valence-corrected chi connectivity index (χ1v) is 5.95. The minimum Gasteiger partial charge on any atom is -0.349 e. The summed E-state index contributed by atoms with van der Waals surface area (Å²) in [5.74, 6) is 0. The average Bonchev–Trinajstić information content (AvgIpc) is 2.52. The van der Waals surface area contributed by atoms with Gasteiger partial charge in [-0.15, -0.1) is 0 Å². The van der Waals surface area contributed by atoms with Gasteiger partial charge in [0.05, 0.1) is 0 Å². The third kappa shape index (κ3) is 2.08. The van der Waals surface area contributed by atoms with E-state index < -0.39 is 0 Å². The number of hydrogen-bond donors (Lipinski definition) is 1. The third-order valence-electron chi connectivity index (χ3n) is 2.68. The fourth-order valence-electron chi connectivity index (χ4n) is 1.84. The first kappa shape index (κ1) is 10.7. The summed E-state index contributed by atoms with van der Waals surface area (Å²) >= 11 is 3.55. The molecular formula is C12H15BrN2. The van der Waals surface area contributed by atoms with Gasteiger partial charge in [0.2, 0.25) is 0 Å². The number of aromatic nitrogens is 1. The number of nitrogens with two attached hydrogens (primary N) is 1. The van der Waals surface area contributed by atoms with Crippen molar-refractivity contribution in [1.29, 1.82) is 0 Å². The Morgan fingerprint density at radius 3 is 2.93 bits per heavy atom. The molecule has 0 saturated carbocycles. The van der Waals surface area contributed by atoms with Crippen molar-refractivity contribution in [3.05, 3.63) is 34.4 Å². The van der Waals surface area contributed by atoms with Crippen molar-refractivity contribution in [2.24, 2.45) is 12.8 Å². The van der Waals surface area contributed by atoms with Crippen molar-refractivity contribution < 1.29 is 0 Å². The Bertz CT molecular complexity index is 474. The summed E-state index contributed by atoms with van der Waals surface area (Å²) in [5, 5.41) is 1.27. The van der Waals surface area contributed by atoms with Crippen molar-refractivity contribution >= 4 is 26.8 Å². The monoisotopic (exact) mass is 266 g/mol. The SMILES string of the molecule is Cn1cc(Br)c2ccc(CCCN)cc21. The molecule has 0 spiro atoms. The van der Waals surface area contributed by atoms with Gasteiger partial charge in [-0.05, 0) is 46.9 Å². The van der Waals surface area contributed by atoms with Crippen LogP contribution in [0.1, 0.15) is 12.0 Å². The molecule has 1 aromatic carbocycles. The van der Waals surface area contributed by atoms with Crippen LogP contribution in [0, 0.1) is 0 Å². The number of rotatable bonds is 3. The normalized spacial score (nSPS) is 11.1.